The Balaban J connectivity index is 3.63. The number of nitrogens with two attached hydrogens (primary N) is 1. The highest BCUT2D eigenvalue weighted by Crippen LogP contribution is 2.09. The van der Waals surface area contributed by atoms with Crippen molar-refractivity contribution < 1.29 is 0 Å². The Morgan fingerprint density at radius 1 is 1.55 bits per heavy atom. The Kier molecular flexibility index (Phi) is 4.56. The molecule has 0 spiro atoms. The molecule has 0 radical (unpaired) electrons. The molecule has 2 nitrogen and oxygen atoms in total. The molecule has 0 rings (SSSR count). The second-order valence-corrected chi connectivity index (χ2v) is 3.21. The van der Waals surface area contributed by atoms with E-state index in [9.17, 15) is 0 Å². The molecule has 0 heterocycles. The van der Waals surface area contributed by atoms with Gasteiger partial charge in [0.1, 0.15) is 0 Å². The molecular formula is C9H16N2. The van der Waals surface area contributed by atoms with Gasteiger partial charge >= 0.3 is 0 Å². The molecule has 0 amide bonds. The molecule has 0 aromatic rings. The number of rotatable bonds is 4. The maximum atomic E-state index is 8.44. The first kappa shape index (κ1) is 10.2. The summed E-state index contributed by atoms with van der Waals surface area (Å²) in [7, 11) is 0. The Morgan fingerprint density at radius 3 is 2.45 bits per heavy atom. The molecular weight excluding hydrogens is 136 g/mol. The average molecular weight is 152 g/mol. The fourth-order valence-corrected chi connectivity index (χ4v) is 0.770. The van der Waals surface area contributed by atoms with E-state index >= 15 is 0 Å². The summed E-state index contributed by atoms with van der Waals surface area (Å²) in [5, 5.41) is 8.44. The lowest BCUT2D eigenvalue weighted by Gasteiger charge is -2.10. The Morgan fingerprint density at radius 2 is 2.09 bits per heavy atom. The zero-order valence-corrected chi connectivity index (χ0v) is 7.30. The summed E-state index contributed by atoms with van der Waals surface area (Å²) in [5.74, 6) is 0.646. The SMILES string of the molecule is C=C(C#N)[C@H](N)CCC(C)C. The Labute approximate surface area is 68.7 Å². The van der Waals surface area contributed by atoms with Gasteiger partial charge in [-0.05, 0) is 18.8 Å². The third-order valence-corrected chi connectivity index (χ3v) is 1.65. The highest BCUT2D eigenvalue weighted by molar-refractivity contribution is 5.21. The molecule has 62 valence electrons. The number of hydrogen-bond donors (Lipinski definition) is 1. The first-order valence-corrected chi connectivity index (χ1v) is 3.92. The standard InChI is InChI=1S/C9H16N2/c1-7(2)4-5-9(11)8(3)6-10/h7,9H,3-5,11H2,1-2H3/t9-/m1/s1. The molecule has 2 N–H and O–H groups in total. The van der Waals surface area contributed by atoms with E-state index in [-0.39, 0.29) is 6.04 Å². The van der Waals surface area contributed by atoms with Crippen LogP contribution in [0.1, 0.15) is 26.7 Å². The number of nitriles is 1. The van der Waals surface area contributed by atoms with Gasteiger partial charge in [-0.1, -0.05) is 20.4 Å². The third kappa shape index (κ3) is 4.58. The predicted octanol–water partition coefficient (Wildman–Crippen LogP) is 1.83. The summed E-state index contributed by atoms with van der Waals surface area (Å²) in [6, 6.07) is 1.83. The summed E-state index contributed by atoms with van der Waals surface area (Å²) in [4.78, 5) is 0. The van der Waals surface area contributed by atoms with Crippen LogP contribution < -0.4 is 5.73 Å². The van der Waals surface area contributed by atoms with Crippen molar-refractivity contribution in [1.82, 2.24) is 0 Å². The van der Waals surface area contributed by atoms with Crippen LogP contribution in [0.4, 0.5) is 0 Å². The molecule has 0 bridgehead atoms. The summed E-state index contributed by atoms with van der Waals surface area (Å²) < 4.78 is 0. The van der Waals surface area contributed by atoms with Crippen molar-refractivity contribution in [2.75, 3.05) is 0 Å². The second kappa shape index (κ2) is 4.92. The largest absolute Gasteiger partial charge is 0.323 e. The summed E-state index contributed by atoms with van der Waals surface area (Å²) in [6.45, 7) is 7.85. The zero-order chi connectivity index (χ0) is 8.85. The zero-order valence-electron chi connectivity index (χ0n) is 7.30. The van der Waals surface area contributed by atoms with Crippen molar-refractivity contribution in [2.45, 2.75) is 32.7 Å². The van der Waals surface area contributed by atoms with Crippen LogP contribution in [0.25, 0.3) is 0 Å². The van der Waals surface area contributed by atoms with Crippen molar-refractivity contribution >= 4 is 0 Å². The lowest BCUT2D eigenvalue weighted by molar-refractivity contribution is 0.527. The highest BCUT2D eigenvalue weighted by atomic mass is 14.6. The van der Waals surface area contributed by atoms with Gasteiger partial charge in [-0.15, -0.1) is 0 Å². The maximum absolute atomic E-state index is 8.44. The van der Waals surface area contributed by atoms with Crippen LogP contribution >= 0.6 is 0 Å². The van der Waals surface area contributed by atoms with E-state index in [4.69, 9.17) is 11.0 Å². The van der Waals surface area contributed by atoms with Gasteiger partial charge in [0, 0.05) is 11.6 Å². The molecule has 0 fully saturated rings. The topological polar surface area (TPSA) is 49.8 Å². The van der Waals surface area contributed by atoms with Crippen molar-refractivity contribution in [3.63, 3.8) is 0 Å². The molecule has 0 aromatic heterocycles. The molecule has 11 heavy (non-hydrogen) atoms. The Hall–Kier alpha value is -0.810. The van der Waals surface area contributed by atoms with Crippen LogP contribution in [0.5, 0.6) is 0 Å². The van der Waals surface area contributed by atoms with Crippen molar-refractivity contribution in [3.05, 3.63) is 12.2 Å². The minimum Gasteiger partial charge on any atom is -0.323 e. The monoisotopic (exact) mass is 152 g/mol. The van der Waals surface area contributed by atoms with Gasteiger partial charge in [0.15, 0.2) is 0 Å². The van der Waals surface area contributed by atoms with E-state index < -0.39 is 0 Å². The highest BCUT2D eigenvalue weighted by Gasteiger charge is 2.06. The maximum Gasteiger partial charge on any atom is 0.0957 e. The van der Waals surface area contributed by atoms with Gasteiger partial charge in [0.05, 0.1) is 6.07 Å². The first-order valence-electron chi connectivity index (χ1n) is 3.92. The van der Waals surface area contributed by atoms with Crippen LogP contribution in [0.2, 0.25) is 0 Å². The molecule has 0 unspecified atom stereocenters. The van der Waals surface area contributed by atoms with Crippen LogP contribution in [-0.4, -0.2) is 6.04 Å². The molecule has 0 aliphatic rings. The minimum absolute atomic E-state index is 0.137. The average Bonchev–Trinajstić information content (AvgIpc) is 1.98. The van der Waals surface area contributed by atoms with Gasteiger partial charge in [0.2, 0.25) is 0 Å². The Bertz CT molecular complexity index is 165. The van der Waals surface area contributed by atoms with Crippen molar-refractivity contribution in [3.8, 4) is 6.07 Å². The van der Waals surface area contributed by atoms with E-state index in [1.54, 1.807) is 0 Å². The molecule has 0 aromatic carbocycles. The van der Waals surface area contributed by atoms with E-state index in [0.29, 0.717) is 11.5 Å². The van der Waals surface area contributed by atoms with Crippen molar-refractivity contribution in [1.29, 1.82) is 5.26 Å². The van der Waals surface area contributed by atoms with Gasteiger partial charge in [-0.3, -0.25) is 0 Å². The van der Waals surface area contributed by atoms with Gasteiger partial charge in [-0.25, -0.2) is 0 Å². The van der Waals surface area contributed by atoms with E-state index in [1.807, 2.05) is 6.07 Å². The van der Waals surface area contributed by atoms with Crippen LogP contribution in [0, 0.1) is 17.2 Å². The van der Waals surface area contributed by atoms with Crippen LogP contribution in [0.3, 0.4) is 0 Å². The van der Waals surface area contributed by atoms with Crippen molar-refractivity contribution in [2.24, 2.45) is 11.7 Å². The third-order valence-electron chi connectivity index (χ3n) is 1.65. The molecule has 0 saturated heterocycles. The molecule has 1 atom stereocenters. The molecule has 0 aliphatic carbocycles. The quantitative estimate of drug-likeness (QED) is 0.625. The number of nitrogens with zero attached hydrogens (tertiary/aromatic N) is 1. The van der Waals surface area contributed by atoms with Crippen LogP contribution in [-0.2, 0) is 0 Å². The van der Waals surface area contributed by atoms with Crippen LogP contribution in [0.15, 0.2) is 12.2 Å². The summed E-state index contributed by atoms with van der Waals surface area (Å²) >= 11 is 0. The smallest absolute Gasteiger partial charge is 0.0957 e. The molecule has 2 heteroatoms. The van der Waals surface area contributed by atoms with Gasteiger partial charge in [0.25, 0.3) is 0 Å². The minimum atomic E-state index is -0.137. The number of hydrogen-bond acceptors (Lipinski definition) is 2. The van der Waals surface area contributed by atoms with Gasteiger partial charge in [-0.2, -0.15) is 5.26 Å². The second-order valence-electron chi connectivity index (χ2n) is 3.21. The normalized spacial score (nSPS) is 12.6. The van der Waals surface area contributed by atoms with E-state index in [1.165, 1.54) is 0 Å². The first-order chi connectivity index (χ1) is 5.07. The summed E-state index contributed by atoms with van der Waals surface area (Å²) in [5.41, 5.74) is 6.15. The lowest BCUT2D eigenvalue weighted by atomic mass is 10.00. The predicted molar refractivity (Wildman–Crippen MR) is 46.8 cm³/mol. The molecule has 0 aliphatic heterocycles. The van der Waals surface area contributed by atoms with Gasteiger partial charge < -0.3 is 5.73 Å². The van der Waals surface area contributed by atoms with E-state index in [2.05, 4.69) is 20.4 Å². The fourth-order valence-electron chi connectivity index (χ4n) is 0.770. The fraction of sp³-hybridized carbons (Fsp3) is 0.667. The van der Waals surface area contributed by atoms with E-state index in [0.717, 1.165) is 12.8 Å². The lowest BCUT2D eigenvalue weighted by Crippen LogP contribution is -2.21. The molecule has 0 saturated carbocycles. The summed E-state index contributed by atoms with van der Waals surface area (Å²) in [6.07, 6.45) is 1.92.